The lowest BCUT2D eigenvalue weighted by atomic mass is 10.2. The molecule has 0 aromatic heterocycles. The standard InChI is InChI=1S/C14H17FO2.C2H6/c15-13-8-6-12(7-9-13)14(16)17-10-2-1-3-11-4-5-11;1-2/h6-9,11H,1-5,10H2;1-2H3. The van der Waals surface area contributed by atoms with Gasteiger partial charge in [-0.1, -0.05) is 33.1 Å². The molecule has 3 heteroatoms. The van der Waals surface area contributed by atoms with Crippen molar-refractivity contribution in [2.45, 2.75) is 46.0 Å². The fraction of sp³-hybridized carbons (Fsp3) is 0.562. The molecule has 0 N–H and O–H groups in total. The summed E-state index contributed by atoms with van der Waals surface area (Å²) in [7, 11) is 0. The third kappa shape index (κ3) is 6.37. The molecule has 2 nitrogen and oxygen atoms in total. The first-order valence-electron chi connectivity index (χ1n) is 7.18. The van der Waals surface area contributed by atoms with Crippen LogP contribution in [0.15, 0.2) is 24.3 Å². The Morgan fingerprint density at radius 2 is 1.84 bits per heavy atom. The summed E-state index contributed by atoms with van der Waals surface area (Å²) in [5.74, 6) is 0.227. The molecule has 0 unspecified atom stereocenters. The van der Waals surface area contributed by atoms with Crippen LogP contribution in [0.1, 0.15) is 56.3 Å². The van der Waals surface area contributed by atoms with E-state index in [0.29, 0.717) is 12.2 Å². The Morgan fingerprint density at radius 1 is 1.21 bits per heavy atom. The molecule has 1 aliphatic carbocycles. The maximum absolute atomic E-state index is 12.6. The average molecular weight is 266 g/mol. The van der Waals surface area contributed by atoms with E-state index in [1.807, 2.05) is 13.8 Å². The van der Waals surface area contributed by atoms with Crippen molar-refractivity contribution in [3.63, 3.8) is 0 Å². The summed E-state index contributed by atoms with van der Waals surface area (Å²) in [4.78, 5) is 11.5. The number of rotatable bonds is 6. The van der Waals surface area contributed by atoms with E-state index in [1.54, 1.807) is 0 Å². The molecule has 0 saturated heterocycles. The number of carbonyl (C=O) groups excluding carboxylic acids is 1. The molecule has 1 saturated carbocycles. The first-order valence-corrected chi connectivity index (χ1v) is 7.18. The number of unbranched alkanes of at least 4 members (excludes halogenated alkanes) is 1. The first-order chi connectivity index (χ1) is 9.25. The van der Waals surface area contributed by atoms with Gasteiger partial charge in [0.1, 0.15) is 5.82 Å². The largest absolute Gasteiger partial charge is 0.462 e. The van der Waals surface area contributed by atoms with Crippen LogP contribution in [0.3, 0.4) is 0 Å². The fourth-order valence-electron chi connectivity index (χ4n) is 1.78. The Morgan fingerprint density at radius 3 is 2.42 bits per heavy atom. The average Bonchev–Trinajstić information content (AvgIpc) is 3.25. The van der Waals surface area contributed by atoms with Gasteiger partial charge in [0, 0.05) is 0 Å². The summed E-state index contributed by atoms with van der Waals surface area (Å²) in [6.07, 6.45) is 6.05. The lowest BCUT2D eigenvalue weighted by molar-refractivity contribution is 0.0497. The van der Waals surface area contributed by atoms with Gasteiger partial charge in [0.2, 0.25) is 0 Å². The van der Waals surface area contributed by atoms with Crippen LogP contribution in [0.25, 0.3) is 0 Å². The number of ether oxygens (including phenoxy) is 1. The van der Waals surface area contributed by atoms with E-state index in [4.69, 9.17) is 4.74 Å². The highest BCUT2D eigenvalue weighted by Crippen LogP contribution is 2.33. The molecule has 106 valence electrons. The Hall–Kier alpha value is -1.38. The van der Waals surface area contributed by atoms with E-state index in [1.165, 1.54) is 43.5 Å². The molecular formula is C16H23FO2. The van der Waals surface area contributed by atoms with E-state index >= 15 is 0 Å². The second kappa shape index (κ2) is 8.68. The molecule has 0 radical (unpaired) electrons. The highest BCUT2D eigenvalue weighted by Gasteiger charge is 2.20. The van der Waals surface area contributed by atoms with Crippen molar-refractivity contribution in [2.75, 3.05) is 6.61 Å². The minimum atomic E-state index is -0.364. The van der Waals surface area contributed by atoms with E-state index in [0.717, 1.165) is 18.8 Å². The Labute approximate surface area is 115 Å². The van der Waals surface area contributed by atoms with Crippen molar-refractivity contribution < 1.29 is 13.9 Å². The zero-order valence-electron chi connectivity index (χ0n) is 11.8. The lowest BCUT2D eigenvalue weighted by Gasteiger charge is -2.04. The van der Waals surface area contributed by atoms with Crippen molar-refractivity contribution in [2.24, 2.45) is 5.92 Å². The zero-order valence-corrected chi connectivity index (χ0v) is 11.8. The summed E-state index contributed by atoms with van der Waals surface area (Å²) >= 11 is 0. The van der Waals surface area contributed by atoms with Crippen molar-refractivity contribution in [3.8, 4) is 0 Å². The van der Waals surface area contributed by atoms with Crippen LogP contribution < -0.4 is 0 Å². The van der Waals surface area contributed by atoms with Crippen LogP contribution in [-0.2, 0) is 4.74 Å². The molecule has 1 aromatic rings. The summed E-state index contributed by atoms with van der Waals surface area (Å²) in [5.41, 5.74) is 0.411. The van der Waals surface area contributed by atoms with Crippen LogP contribution in [-0.4, -0.2) is 12.6 Å². The SMILES string of the molecule is CC.O=C(OCCCCC1CC1)c1ccc(F)cc1. The maximum Gasteiger partial charge on any atom is 0.338 e. The number of hydrogen-bond donors (Lipinski definition) is 0. The molecule has 0 bridgehead atoms. The summed E-state index contributed by atoms with van der Waals surface area (Å²) in [6, 6.07) is 5.43. The van der Waals surface area contributed by atoms with Crippen LogP contribution in [0, 0.1) is 11.7 Å². The van der Waals surface area contributed by atoms with Crippen LogP contribution in [0.5, 0.6) is 0 Å². The number of benzene rings is 1. The number of hydrogen-bond acceptors (Lipinski definition) is 2. The summed E-state index contributed by atoms with van der Waals surface area (Å²) in [6.45, 7) is 4.46. The summed E-state index contributed by atoms with van der Waals surface area (Å²) in [5, 5.41) is 0. The molecule has 0 atom stereocenters. The van der Waals surface area contributed by atoms with Gasteiger partial charge in [-0.25, -0.2) is 9.18 Å². The van der Waals surface area contributed by atoms with Gasteiger partial charge in [-0.05, 0) is 43.0 Å². The maximum atomic E-state index is 12.6. The minimum absolute atomic E-state index is 0.342. The first kappa shape index (κ1) is 15.7. The predicted octanol–water partition coefficient (Wildman–Crippen LogP) is 4.59. The quantitative estimate of drug-likeness (QED) is 0.556. The molecule has 1 aliphatic rings. The van der Waals surface area contributed by atoms with Gasteiger partial charge >= 0.3 is 5.97 Å². The monoisotopic (exact) mass is 266 g/mol. The van der Waals surface area contributed by atoms with Crippen molar-refractivity contribution >= 4 is 5.97 Å². The molecule has 0 amide bonds. The van der Waals surface area contributed by atoms with Gasteiger partial charge in [-0.2, -0.15) is 0 Å². The highest BCUT2D eigenvalue weighted by molar-refractivity contribution is 5.89. The molecule has 19 heavy (non-hydrogen) atoms. The predicted molar refractivity (Wildman–Crippen MR) is 74.6 cm³/mol. The Kier molecular flexibility index (Phi) is 7.16. The number of esters is 1. The Bertz CT molecular complexity index is 369. The van der Waals surface area contributed by atoms with Gasteiger partial charge in [0.15, 0.2) is 0 Å². The molecule has 1 aromatic carbocycles. The third-order valence-electron chi connectivity index (χ3n) is 3.02. The molecule has 0 heterocycles. The van der Waals surface area contributed by atoms with Gasteiger partial charge in [0.25, 0.3) is 0 Å². The third-order valence-corrected chi connectivity index (χ3v) is 3.02. The second-order valence-corrected chi connectivity index (χ2v) is 4.58. The van der Waals surface area contributed by atoms with Crippen molar-refractivity contribution in [1.82, 2.24) is 0 Å². The molecule has 0 aliphatic heterocycles. The van der Waals surface area contributed by atoms with E-state index < -0.39 is 0 Å². The molecule has 1 fully saturated rings. The van der Waals surface area contributed by atoms with Crippen LogP contribution in [0.2, 0.25) is 0 Å². The zero-order chi connectivity index (χ0) is 14.1. The van der Waals surface area contributed by atoms with E-state index in [9.17, 15) is 9.18 Å². The topological polar surface area (TPSA) is 26.3 Å². The second-order valence-electron chi connectivity index (χ2n) is 4.58. The van der Waals surface area contributed by atoms with Gasteiger partial charge in [-0.3, -0.25) is 0 Å². The van der Waals surface area contributed by atoms with E-state index in [2.05, 4.69) is 0 Å². The summed E-state index contributed by atoms with van der Waals surface area (Å²) < 4.78 is 17.7. The number of carbonyl (C=O) groups is 1. The highest BCUT2D eigenvalue weighted by atomic mass is 19.1. The fourth-order valence-corrected chi connectivity index (χ4v) is 1.78. The molecule has 2 rings (SSSR count). The van der Waals surface area contributed by atoms with Crippen LogP contribution in [0.4, 0.5) is 4.39 Å². The van der Waals surface area contributed by atoms with Gasteiger partial charge in [-0.15, -0.1) is 0 Å². The van der Waals surface area contributed by atoms with Crippen molar-refractivity contribution in [1.29, 1.82) is 0 Å². The van der Waals surface area contributed by atoms with Gasteiger partial charge in [0.05, 0.1) is 12.2 Å². The lowest BCUT2D eigenvalue weighted by Crippen LogP contribution is -2.06. The van der Waals surface area contributed by atoms with E-state index in [-0.39, 0.29) is 11.8 Å². The minimum Gasteiger partial charge on any atom is -0.462 e. The van der Waals surface area contributed by atoms with Crippen LogP contribution >= 0.6 is 0 Å². The number of halogens is 1. The Balaban J connectivity index is 0.000000861. The molecule has 0 spiro atoms. The van der Waals surface area contributed by atoms with Crippen molar-refractivity contribution in [3.05, 3.63) is 35.6 Å². The van der Waals surface area contributed by atoms with Gasteiger partial charge < -0.3 is 4.74 Å². The normalized spacial score (nSPS) is 13.4. The molecular weight excluding hydrogens is 243 g/mol. The smallest absolute Gasteiger partial charge is 0.338 e.